The zero-order chi connectivity index (χ0) is 23.5. The highest BCUT2D eigenvalue weighted by molar-refractivity contribution is 6.04. The molecule has 1 aromatic heterocycles. The number of carbonyl (C=O) groups excluding carboxylic acids is 2. The summed E-state index contributed by atoms with van der Waals surface area (Å²) in [7, 11) is 1.53. The highest BCUT2D eigenvalue weighted by Gasteiger charge is 2.34. The summed E-state index contributed by atoms with van der Waals surface area (Å²) in [6.45, 7) is 4.17. The first-order valence-electron chi connectivity index (χ1n) is 10.6. The quantitative estimate of drug-likeness (QED) is 0.457. The van der Waals surface area contributed by atoms with Gasteiger partial charge in [0.25, 0.3) is 5.56 Å². The summed E-state index contributed by atoms with van der Waals surface area (Å²) < 4.78 is 5.30. The third-order valence-corrected chi connectivity index (χ3v) is 5.47. The third kappa shape index (κ3) is 4.72. The van der Waals surface area contributed by atoms with Crippen LogP contribution in [-0.4, -0.2) is 28.9 Å². The van der Waals surface area contributed by atoms with Crippen molar-refractivity contribution in [3.8, 4) is 5.75 Å². The molecule has 0 radical (unpaired) electrons. The molecule has 0 saturated heterocycles. The van der Waals surface area contributed by atoms with E-state index in [1.807, 2.05) is 18.2 Å². The smallest absolute Gasteiger partial charge is 0.258 e. The Hall–Kier alpha value is -4.14. The Morgan fingerprint density at radius 3 is 2.55 bits per heavy atom. The molecule has 9 heteroatoms. The topological polar surface area (TPSA) is 125 Å². The van der Waals surface area contributed by atoms with Gasteiger partial charge in [-0.25, -0.2) is 0 Å². The number of carbonyl (C=O) groups is 2. The van der Waals surface area contributed by atoms with E-state index in [0.717, 1.165) is 5.56 Å². The van der Waals surface area contributed by atoms with Crippen LogP contribution in [0.25, 0.3) is 0 Å². The molecule has 0 saturated carbocycles. The predicted octanol–water partition coefficient (Wildman–Crippen LogP) is 3.71. The number of nitrogens with one attached hydrogen (secondary N) is 4. The normalized spacial score (nSPS) is 14.9. The average molecular weight is 447 g/mol. The number of anilines is 4. The van der Waals surface area contributed by atoms with Crippen LogP contribution in [0.4, 0.5) is 23.1 Å². The molecule has 2 aromatic carbocycles. The Morgan fingerprint density at radius 1 is 1.12 bits per heavy atom. The fourth-order valence-corrected chi connectivity index (χ4v) is 3.71. The molecule has 0 bridgehead atoms. The van der Waals surface area contributed by atoms with E-state index in [9.17, 15) is 14.4 Å². The summed E-state index contributed by atoms with van der Waals surface area (Å²) in [5.41, 5.74) is 1.94. The van der Waals surface area contributed by atoms with Gasteiger partial charge in [-0.1, -0.05) is 38.1 Å². The lowest BCUT2D eigenvalue weighted by atomic mass is 9.92. The number of hydrogen-bond acceptors (Lipinski definition) is 6. The van der Waals surface area contributed by atoms with E-state index in [2.05, 4.69) is 39.8 Å². The molecule has 0 aliphatic carbocycles. The van der Waals surface area contributed by atoms with Crippen LogP contribution in [0.15, 0.2) is 53.3 Å². The fraction of sp³-hybridized carbons (Fsp3) is 0.250. The Morgan fingerprint density at radius 2 is 1.85 bits per heavy atom. The minimum absolute atomic E-state index is 0.0581. The molecule has 170 valence electrons. The van der Waals surface area contributed by atoms with Crippen LogP contribution < -0.4 is 26.2 Å². The second-order valence-electron chi connectivity index (χ2n) is 8.07. The second-order valence-corrected chi connectivity index (χ2v) is 8.07. The van der Waals surface area contributed by atoms with Crippen LogP contribution in [0, 0.1) is 0 Å². The van der Waals surface area contributed by atoms with Crippen LogP contribution >= 0.6 is 0 Å². The number of benzene rings is 2. The molecule has 33 heavy (non-hydrogen) atoms. The van der Waals surface area contributed by atoms with Crippen molar-refractivity contribution < 1.29 is 14.3 Å². The lowest BCUT2D eigenvalue weighted by Crippen LogP contribution is -2.36. The molecule has 9 nitrogen and oxygen atoms in total. The Kier molecular flexibility index (Phi) is 6.12. The second kappa shape index (κ2) is 9.15. The van der Waals surface area contributed by atoms with E-state index < -0.39 is 17.4 Å². The Balaban J connectivity index is 1.61. The number of methoxy groups -OCH3 is 1. The number of fused-ring (bicyclic) bond motifs is 1. The van der Waals surface area contributed by atoms with Crippen molar-refractivity contribution in [2.75, 3.05) is 23.1 Å². The van der Waals surface area contributed by atoms with Gasteiger partial charge in [-0.2, -0.15) is 4.98 Å². The maximum Gasteiger partial charge on any atom is 0.258 e. The van der Waals surface area contributed by atoms with Crippen molar-refractivity contribution in [1.29, 1.82) is 0 Å². The van der Waals surface area contributed by atoms with Gasteiger partial charge in [0.15, 0.2) is 0 Å². The van der Waals surface area contributed by atoms with Gasteiger partial charge in [0.2, 0.25) is 17.8 Å². The molecule has 4 N–H and O–H groups in total. The lowest BCUT2D eigenvalue weighted by molar-refractivity contribution is -0.123. The SMILES string of the molecule is COc1ccccc1Nc1nc2c(c(=O)[nH]1)[C@@H](C(=O)Nc1ccc(C(C)C)cc1)CC(=O)N2. The van der Waals surface area contributed by atoms with Crippen LogP contribution in [0.3, 0.4) is 0 Å². The Labute approximate surface area is 190 Å². The van der Waals surface area contributed by atoms with Crippen molar-refractivity contribution in [2.24, 2.45) is 0 Å². The molecule has 0 unspecified atom stereocenters. The fourth-order valence-electron chi connectivity index (χ4n) is 3.71. The van der Waals surface area contributed by atoms with Crippen LogP contribution in [0.5, 0.6) is 5.75 Å². The van der Waals surface area contributed by atoms with Crippen molar-refractivity contribution in [3.63, 3.8) is 0 Å². The largest absolute Gasteiger partial charge is 0.495 e. The number of rotatable bonds is 6. The summed E-state index contributed by atoms with van der Waals surface area (Å²) >= 11 is 0. The molecule has 0 spiro atoms. The average Bonchev–Trinajstić information content (AvgIpc) is 2.79. The van der Waals surface area contributed by atoms with Crippen molar-refractivity contribution in [3.05, 3.63) is 70.0 Å². The van der Waals surface area contributed by atoms with Crippen molar-refractivity contribution >= 4 is 35.0 Å². The van der Waals surface area contributed by atoms with Gasteiger partial charge in [-0.15, -0.1) is 0 Å². The number of hydrogen-bond donors (Lipinski definition) is 4. The first-order valence-corrected chi connectivity index (χ1v) is 10.6. The predicted molar refractivity (Wildman–Crippen MR) is 126 cm³/mol. The zero-order valence-corrected chi connectivity index (χ0v) is 18.6. The van der Waals surface area contributed by atoms with Crippen molar-refractivity contribution in [2.45, 2.75) is 32.1 Å². The molecule has 2 amide bonds. The maximum atomic E-state index is 13.0. The highest BCUT2D eigenvalue weighted by Crippen LogP contribution is 2.31. The van der Waals surface area contributed by atoms with Gasteiger partial charge in [0, 0.05) is 12.1 Å². The van der Waals surface area contributed by atoms with Crippen LogP contribution in [-0.2, 0) is 9.59 Å². The molecular weight excluding hydrogens is 422 g/mol. The lowest BCUT2D eigenvalue weighted by Gasteiger charge is -2.24. The molecule has 3 aromatic rings. The van der Waals surface area contributed by atoms with E-state index in [1.165, 1.54) is 7.11 Å². The number of amides is 2. The van der Waals surface area contributed by atoms with E-state index >= 15 is 0 Å². The first kappa shape index (κ1) is 22.1. The minimum Gasteiger partial charge on any atom is -0.495 e. The number of H-pyrrole nitrogens is 1. The van der Waals surface area contributed by atoms with Gasteiger partial charge in [0.1, 0.15) is 11.6 Å². The van der Waals surface area contributed by atoms with E-state index in [0.29, 0.717) is 23.0 Å². The number of aromatic amines is 1. The van der Waals surface area contributed by atoms with Gasteiger partial charge in [-0.3, -0.25) is 19.4 Å². The molecule has 1 atom stereocenters. The van der Waals surface area contributed by atoms with E-state index in [-0.39, 0.29) is 29.7 Å². The number of para-hydroxylation sites is 2. The molecule has 0 fully saturated rings. The summed E-state index contributed by atoms with van der Waals surface area (Å²) in [5, 5.41) is 8.39. The molecule has 2 heterocycles. The summed E-state index contributed by atoms with van der Waals surface area (Å²) in [6, 6.07) is 14.6. The minimum atomic E-state index is -0.963. The zero-order valence-electron chi connectivity index (χ0n) is 18.6. The van der Waals surface area contributed by atoms with E-state index in [1.54, 1.807) is 30.3 Å². The van der Waals surface area contributed by atoms with Crippen molar-refractivity contribution in [1.82, 2.24) is 9.97 Å². The number of aromatic nitrogens is 2. The van der Waals surface area contributed by atoms with Crippen LogP contribution in [0.1, 0.15) is 43.2 Å². The van der Waals surface area contributed by atoms with Gasteiger partial charge >= 0.3 is 0 Å². The number of nitrogens with zero attached hydrogens (tertiary/aromatic N) is 1. The third-order valence-electron chi connectivity index (χ3n) is 5.47. The Bertz CT molecular complexity index is 1250. The first-order chi connectivity index (χ1) is 15.9. The van der Waals surface area contributed by atoms with E-state index in [4.69, 9.17) is 4.74 Å². The molecule has 4 rings (SSSR count). The summed E-state index contributed by atoms with van der Waals surface area (Å²) in [4.78, 5) is 45.2. The van der Waals surface area contributed by atoms with Gasteiger partial charge in [-0.05, 0) is 35.7 Å². The highest BCUT2D eigenvalue weighted by atomic mass is 16.5. The van der Waals surface area contributed by atoms with Gasteiger partial charge < -0.3 is 20.7 Å². The standard InChI is InChI=1S/C24H25N5O4/c1-13(2)14-8-10-15(11-9-14)25-22(31)16-12-19(30)27-21-20(16)23(32)29-24(28-21)26-17-6-4-5-7-18(17)33-3/h4-11,13,16H,12H2,1-3H3,(H,25,31)(H3,26,27,28,29,30,32)/t16-/m0/s1. The molecule has 1 aliphatic heterocycles. The maximum absolute atomic E-state index is 13.0. The van der Waals surface area contributed by atoms with Gasteiger partial charge in [0.05, 0.1) is 24.3 Å². The summed E-state index contributed by atoms with van der Waals surface area (Å²) in [6.07, 6.45) is -0.146. The summed E-state index contributed by atoms with van der Waals surface area (Å²) in [5.74, 6) is -0.693. The van der Waals surface area contributed by atoms with Crippen LogP contribution in [0.2, 0.25) is 0 Å². The molecule has 1 aliphatic rings. The monoisotopic (exact) mass is 447 g/mol. The number of ether oxygens (including phenoxy) is 1. The molecular formula is C24H25N5O4.